The van der Waals surface area contributed by atoms with Gasteiger partial charge in [-0.15, -0.1) is 0 Å². The van der Waals surface area contributed by atoms with Crippen LogP contribution >= 0.6 is 27.5 Å². The molecule has 2 N–H and O–H groups in total. The number of nitrogen functional groups attached to an aromatic ring is 1. The van der Waals surface area contributed by atoms with Crippen LogP contribution in [0.3, 0.4) is 0 Å². The molecule has 1 aromatic heterocycles. The van der Waals surface area contributed by atoms with E-state index in [2.05, 4.69) is 33.0 Å². The molecule has 0 atom stereocenters. The number of nitrogens with zero attached hydrogens (tertiary/aromatic N) is 1. The van der Waals surface area contributed by atoms with E-state index >= 15 is 0 Å². The van der Waals surface area contributed by atoms with Crippen LogP contribution in [0.2, 0.25) is 5.02 Å². The SMILES string of the molecule is Nc1ncc(Cl)cc1Cc1cc(Br)cc2c1OCC2. The second-order valence-corrected chi connectivity index (χ2v) is 5.88. The summed E-state index contributed by atoms with van der Waals surface area (Å²) in [6, 6.07) is 6.02. The third-order valence-electron chi connectivity index (χ3n) is 3.17. The molecule has 1 aliphatic heterocycles. The highest BCUT2D eigenvalue weighted by Crippen LogP contribution is 2.35. The van der Waals surface area contributed by atoms with Gasteiger partial charge >= 0.3 is 0 Å². The van der Waals surface area contributed by atoms with Crippen molar-refractivity contribution < 1.29 is 4.74 Å². The Morgan fingerprint density at radius 2 is 2.16 bits per heavy atom. The Labute approximate surface area is 124 Å². The van der Waals surface area contributed by atoms with Gasteiger partial charge in [0.1, 0.15) is 11.6 Å². The van der Waals surface area contributed by atoms with Crippen LogP contribution < -0.4 is 10.5 Å². The summed E-state index contributed by atoms with van der Waals surface area (Å²) in [5.41, 5.74) is 9.16. The predicted octanol–water partition coefficient (Wildman–Crippen LogP) is 3.61. The second kappa shape index (κ2) is 5.02. The van der Waals surface area contributed by atoms with Gasteiger partial charge in [-0.25, -0.2) is 4.98 Å². The topological polar surface area (TPSA) is 48.1 Å². The summed E-state index contributed by atoms with van der Waals surface area (Å²) in [7, 11) is 0. The van der Waals surface area contributed by atoms with E-state index in [0.29, 0.717) is 17.3 Å². The summed E-state index contributed by atoms with van der Waals surface area (Å²) in [5.74, 6) is 1.48. The lowest BCUT2D eigenvalue weighted by atomic mass is 10.0. The van der Waals surface area contributed by atoms with Crippen molar-refractivity contribution in [1.82, 2.24) is 4.98 Å². The van der Waals surface area contributed by atoms with Gasteiger partial charge in [0, 0.05) is 34.6 Å². The first-order chi connectivity index (χ1) is 9.13. The number of pyridine rings is 1. The molecule has 0 aliphatic carbocycles. The number of halogens is 2. The van der Waals surface area contributed by atoms with Gasteiger partial charge in [0.25, 0.3) is 0 Å². The lowest BCUT2D eigenvalue weighted by molar-refractivity contribution is 0.354. The van der Waals surface area contributed by atoms with E-state index < -0.39 is 0 Å². The van der Waals surface area contributed by atoms with Gasteiger partial charge < -0.3 is 10.5 Å². The van der Waals surface area contributed by atoms with Crippen molar-refractivity contribution in [1.29, 1.82) is 0 Å². The number of hydrogen-bond acceptors (Lipinski definition) is 3. The first-order valence-electron chi connectivity index (χ1n) is 5.97. The molecular weight excluding hydrogens is 328 g/mol. The first kappa shape index (κ1) is 12.8. The Morgan fingerprint density at radius 3 is 3.00 bits per heavy atom. The molecule has 0 amide bonds. The van der Waals surface area contributed by atoms with Crippen LogP contribution in [0, 0.1) is 0 Å². The number of ether oxygens (including phenoxy) is 1. The fraction of sp³-hybridized carbons (Fsp3) is 0.214. The molecule has 98 valence electrons. The number of aromatic nitrogens is 1. The summed E-state index contributed by atoms with van der Waals surface area (Å²) in [6.45, 7) is 0.738. The van der Waals surface area contributed by atoms with Gasteiger partial charge in [0.15, 0.2) is 0 Å². The van der Waals surface area contributed by atoms with Gasteiger partial charge in [0.2, 0.25) is 0 Å². The molecule has 0 saturated heterocycles. The fourth-order valence-electron chi connectivity index (χ4n) is 2.32. The summed E-state index contributed by atoms with van der Waals surface area (Å²) >= 11 is 9.51. The highest BCUT2D eigenvalue weighted by atomic mass is 79.9. The summed E-state index contributed by atoms with van der Waals surface area (Å²) in [5, 5.41) is 0.594. The van der Waals surface area contributed by atoms with Gasteiger partial charge in [0.05, 0.1) is 11.6 Å². The van der Waals surface area contributed by atoms with Crippen LogP contribution in [0.1, 0.15) is 16.7 Å². The number of hydrogen-bond donors (Lipinski definition) is 1. The van der Waals surface area contributed by atoms with E-state index in [1.807, 2.05) is 6.07 Å². The highest BCUT2D eigenvalue weighted by molar-refractivity contribution is 9.10. The molecule has 1 aromatic carbocycles. The number of fused-ring (bicyclic) bond motifs is 1. The van der Waals surface area contributed by atoms with Crippen LogP contribution in [0.4, 0.5) is 5.82 Å². The Balaban J connectivity index is 2.02. The minimum atomic E-state index is 0.510. The Morgan fingerprint density at radius 1 is 1.32 bits per heavy atom. The molecule has 19 heavy (non-hydrogen) atoms. The Hall–Kier alpha value is -1.26. The predicted molar refractivity (Wildman–Crippen MR) is 79.8 cm³/mol. The van der Waals surface area contributed by atoms with Crippen molar-refractivity contribution in [2.24, 2.45) is 0 Å². The van der Waals surface area contributed by atoms with Crippen molar-refractivity contribution in [3.8, 4) is 5.75 Å². The monoisotopic (exact) mass is 338 g/mol. The maximum atomic E-state index is 5.97. The molecule has 3 nitrogen and oxygen atoms in total. The first-order valence-corrected chi connectivity index (χ1v) is 7.14. The van der Waals surface area contributed by atoms with E-state index in [0.717, 1.165) is 34.4 Å². The lowest BCUT2D eigenvalue weighted by Gasteiger charge is -2.10. The van der Waals surface area contributed by atoms with Crippen LogP contribution in [-0.4, -0.2) is 11.6 Å². The number of anilines is 1. The molecule has 0 fully saturated rings. The summed E-state index contributed by atoms with van der Waals surface area (Å²) in [6.07, 6.45) is 3.18. The minimum absolute atomic E-state index is 0.510. The fourth-order valence-corrected chi connectivity index (χ4v) is 3.05. The maximum absolute atomic E-state index is 5.97. The summed E-state index contributed by atoms with van der Waals surface area (Å²) < 4.78 is 6.77. The Bertz CT molecular complexity index is 646. The van der Waals surface area contributed by atoms with E-state index in [9.17, 15) is 0 Å². The Kier molecular flexibility index (Phi) is 3.37. The molecule has 0 spiro atoms. The lowest BCUT2D eigenvalue weighted by Crippen LogP contribution is -2.00. The number of rotatable bonds is 2. The maximum Gasteiger partial charge on any atom is 0.126 e. The summed E-state index contributed by atoms with van der Waals surface area (Å²) in [4.78, 5) is 4.08. The van der Waals surface area contributed by atoms with Gasteiger partial charge in [-0.3, -0.25) is 0 Å². The van der Waals surface area contributed by atoms with E-state index in [1.54, 1.807) is 6.20 Å². The van der Waals surface area contributed by atoms with Crippen molar-refractivity contribution >= 4 is 33.3 Å². The second-order valence-electron chi connectivity index (χ2n) is 4.53. The zero-order chi connectivity index (χ0) is 13.4. The smallest absolute Gasteiger partial charge is 0.126 e. The van der Waals surface area contributed by atoms with Gasteiger partial charge in [-0.05, 0) is 23.8 Å². The zero-order valence-electron chi connectivity index (χ0n) is 10.1. The molecule has 0 saturated carbocycles. The van der Waals surface area contributed by atoms with Crippen LogP contribution in [0.15, 0.2) is 28.9 Å². The van der Waals surface area contributed by atoms with Crippen LogP contribution in [-0.2, 0) is 12.8 Å². The normalized spacial score (nSPS) is 13.2. The third kappa shape index (κ3) is 2.55. The highest BCUT2D eigenvalue weighted by Gasteiger charge is 2.18. The van der Waals surface area contributed by atoms with E-state index in [-0.39, 0.29) is 0 Å². The van der Waals surface area contributed by atoms with Crippen molar-refractivity contribution in [3.63, 3.8) is 0 Å². The third-order valence-corrected chi connectivity index (χ3v) is 3.84. The van der Waals surface area contributed by atoms with Gasteiger partial charge in [-0.1, -0.05) is 27.5 Å². The quantitative estimate of drug-likeness (QED) is 0.909. The average molecular weight is 340 g/mol. The zero-order valence-corrected chi connectivity index (χ0v) is 12.5. The number of benzene rings is 1. The van der Waals surface area contributed by atoms with Gasteiger partial charge in [-0.2, -0.15) is 0 Å². The van der Waals surface area contributed by atoms with E-state index in [1.165, 1.54) is 5.56 Å². The number of nitrogens with two attached hydrogens (primary N) is 1. The largest absolute Gasteiger partial charge is 0.493 e. The molecule has 0 radical (unpaired) electrons. The molecule has 5 heteroatoms. The van der Waals surface area contributed by atoms with E-state index in [4.69, 9.17) is 22.1 Å². The molecule has 1 aliphatic rings. The van der Waals surface area contributed by atoms with Crippen molar-refractivity contribution in [2.45, 2.75) is 12.8 Å². The standard InChI is InChI=1S/C14H12BrClN2O/c15-11-4-8-1-2-19-13(8)9(5-11)3-10-6-12(16)7-18-14(10)17/h4-7H,1-3H2,(H2,17,18). The molecule has 0 bridgehead atoms. The molecule has 3 rings (SSSR count). The van der Waals surface area contributed by atoms with Crippen molar-refractivity contribution in [2.75, 3.05) is 12.3 Å². The van der Waals surface area contributed by atoms with Crippen LogP contribution in [0.5, 0.6) is 5.75 Å². The molecule has 2 aromatic rings. The average Bonchev–Trinajstić information content (AvgIpc) is 2.82. The molecule has 0 unspecified atom stereocenters. The van der Waals surface area contributed by atoms with Crippen molar-refractivity contribution in [3.05, 3.63) is 50.6 Å². The molecular formula is C14H12BrClN2O. The van der Waals surface area contributed by atoms with Crippen LogP contribution in [0.25, 0.3) is 0 Å². The molecule has 2 heterocycles. The minimum Gasteiger partial charge on any atom is -0.493 e.